The van der Waals surface area contributed by atoms with Crippen molar-refractivity contribution in [1.29, 1.82) is 0 Å². The maximum Gasteiger partial charge on any atom is 0.254 e. The summed E-state index contributed by atoms with van der Waals surface area (Å²) in [5.74, 6) is 0.640. The summed E-state index contributed by atoms with van der Waals surface area (Å²) >= 11 is 0. The number of nitrogens with zero attached hydrogens (tertiary/aromatic N) is 1. The fraction of sp³-hybridized carbons (Fsp3) is 0.500. The van der Waals surface area contributed by atoms with Gasteiger partial charge in [-0.2, -0.15) is 0 Å². The van der Waals surface area contributed by atoms with Crippen molar-refractivity contribution in [1.82, 2.24) is 4.90 Å². The lowest BCUT2D eigenvalue weighted by Crippen LogP contribution is -2.17. The molecule has 0 aromatic heterocycles. The first-order chi connectivity index (χ1) is 7.59. The molecule has 1 aromatic carbocycles. The zero-order valence-electron chi connectivity index (χ0n) is 10.9. The van der Waals surface area contributed by atoms with Crippen molar-refractivity contribution < 1.29 is 4.79 Å². The van der Waals surface area contributed by atoms with Crippen LogP contribution in [0.15, 0.2) is 18.2 Å². The van der Waals surface area contributed by atoms with Gasteiger partial charge >= 0.3 is 0 Å². The Labute approximate surface area is 98.3 Å². The summed E-state index contributed by atoms with van der Waals surface area (Å²) in [6, 6.07) is 6.23. The van der Waals surface area contributed by atoms with Crippen LogP contribution in [0.1, 0.15) is 55.1 Å². The van der Waals surface area contributed by atoms with Crippen LogP contribution in [-0.2, 0) is 6.54 Å². The molecule has 0 fully saturated rings. The molecule has 0 saturated heterocycles. The Morgan fingerprint density at radius 3 is 2.44 bits per heavy atom. The van der Waals surface area contributed by atoms with Crippen molar-refractivity contribution >= 4 is 5.91 Å². The standard InChI is InChI=1S/C12H15NO.C2H6/c1-8(2)9-4-5-10-7-13(3)12(14)11(10)6-9;1-2/h4-6,8H,7H2,1-3H3;1-2H3. The summed E-state index contributed by atoms with van der Waals surface area (Å²) in [5.41, 5.74) is 3.29. The first-order valence-electron chi connectivity index (χ1n) is 5.98. The average Bonchev–Trinajstić information content (AvgIpc) is 2.57. The third-order valence-corrected chi connectivity index (χ3v) is 2.79. The molecule has 0 spiro atoms. The lowest BCUT2D eigenvalue weighted by atomic mass is 9.98. The monoisotopic (exact) mass is 219 g/mol. The molecule has 0 aliphatic carbocycles. The van der Waals surface area contributed by atoms with E-state index >= 15 is 0 Å². The molecule has 1 aliphatic heterocycles. The Bertz CT molecular complexity index is 382. The van der Waals surface area contributed by atoms with Crippen molar-refractivity contribution in [2.45, 2.75) is 40.2 Å². The first-order valence-corrected chi connectivity index (χ1v) is 5.98. The van der Waals surface area contributed by atoms with Gasteiger partial charge in [0.15, 0.2) is 0 Å². The number of rotatable bonds is 1. The third kappa shape index (κ3) is 2.26. The van der Waals surface area contributed by atoms with Crippen molar-refractivity contribution in [3.63, 3.8) is 0 Å². The molecule has 16 heavy (non-hydrogen) atoms. The highest BCUT2D eigenvalue weighted by Gasteiger charge is 2.24. The van der Waals surface area contributed by atoms with Gasteiger partial charge in [-0.3, -0.25) is 4.79 Å². The largest absolute Gasteiger partial charge is 0.337 e. The molecule has 0 saturated carbocycles. The Morgan fingerprint density at radius 1 is 1.25 bits per heavy atom. The molecule has 1 heterocycles. The number of amides is 1. The number of benzene rings is 1. The minimum Gasteiger partial charge on any atom is -0.337 e. The maximum atomic E-state index is 11.7. The highest BCUT2D eigenvalue weighted by Crippen LogP contribution is 2.25. The smallest absolute Gasteiger partial charge is 0.254 e. The van der Waals surface area contributed by atoms with Crippen LogP contribution < -0.4 is 0 Å². The van der Waals surface area contributed by atoms with Gasteiger partial charge in [-0.1, -0.05) is 39.8 Å². The minimum atomic E-state index is 0.155. The molecular formula is C14H21NO. The van der Waals surface area contributed by atoms with Crippen LogP contribution in [-0.4, -0.2) is 17.9 Å². The van der Waals surface area contributed by atoms with Gasteiger partial charge in [-0.25, -0.2) is 0 Å². The SMILES string of the molecule is CC.CC(C)c1ccc2c(c1)C(=O)N(C)C2. The summed E-state index contributed by atoms with van der Waals surface area (Å²) in [5, 5.41) is 0. The Balaban J connectivity index is 0.000000606. The molecule has 2 rings (SSSR count). The van der Waals surface area contributed by atoms with E-state index in [4.69, 9.17) is 0 Å². The number of carbonyl (C=O) groups is 1. The van der Waals surface area contributed by atoms with Gasteiger partial charge < -0.3 is 4.90 Å². The second-order valence-electron chi connectivity index (χ2n) is 4.23. The molecule has 0 bridgehead atoms. The van der Waals surface area contributed by atoms with Gasteiger partial charge in [-0.05, 0) is 23.1 Å². The molecule has 1 amide bonds. The van der Waals surface area contributed by atoms with Gasteiger partial charge in [-0.15, -0.1) is 0 Å². The molecule has 0 radical (unpaired) electrons. The fourth-order valence-electron chi connectivity index (χ4n) is 1.82. The van der Waals surface area contributed by atoms with Gasteiger partial charge in [0.05, 0.1) is 0 Å². The van der Waals surface area contributed by atoms with Gasteiger partial charge in [0.1, 0.15) is 0 Å². The minimum absolute atomic E-state index is 0.155. The van der Waals surface area contributed by atoms with E-state index in [1.165, 1.54) is 5.56 Å². The van der Waals surface area contributed by atoms with Crippen molar-refractivity contribution in [2.24, 2.45) is 0 Å². The summed E-state index contributed by atoms with van der Waals surface area (Å²) < 4.78 is 0. The van der Waals surface area contributed by atoms with Crippen LogP contribution in [0.3, 0.4) is 0 Å². The number of fused-ring (bicyclic) bond motifs is 1. The van der Waals surface area contributed by atoms with Gasteiger partial charge in [0.2, 0.25) is 0 Å². The zero-order valence-corrected chi connectivity index (χ0v) is 10.9. The van der Waals surface area contributed by atoms with Crippen LogP contribution in [0.5, 0.6) is 0 Å². The molecule has 1 aliphatic rings. The second kappa shape index (κ2) is 5.15. The molecule has 1 aromatic rings. The summed E-state index contributed by atoms with van der Waals surface area (Å²) in [6.45, 7) is 9.04. The van der Waals surface area contributed by atoms with E-state index in [9.17, 15) is 4.79 Å². The van der Waals surface area contributed by atoms with E-state index in [-0.39, 0.29) is 5.91 Å². The highest BCUT2D eigenvalue weighted by atomic mass is 16.2. The Hall–Kier alpha value is -1.31. The number of carbonyl (C=O) groups excluding carboxylic acids is 1. The molecule has 2 heteroatoms. The van der Waals surface area contributed by atoms with Gasteiger partial charge in [0, 0.05) is 19.2 Å². The van der Waals surface area contributed by atoms with E-state index in [2.05, 4.69) is 26.0 Å². The summed E-state index contributed by atoms with van der Waals surface area (Å²) in [4.78, 5) is 13.5. The number of hydrogen-bond acceptors (Lipinski definition) is 1. The van der Waals surface area contributed by atoms with Crippen LogP contribution in [0, 0.1) is 0 Å². The topological polar surface area (TPSA) is 20.3 Å². The molecule has 2 nitrogen and oxygen atoms in total. The lowest BCUT2D eigenvalue weighted by Gasteiger charge is -2.06. The van der Waals surface area contributed by atoms with Crippen LogP contribution in [0.25, 0.3) is 0 Å². The van der Waals surface area contributed by atoms with Crippen molar-refractivity contribution in [3.8, 4) is 0 Å². The van der Waals surface area contributed by atoms with Crippen molar-refractivity contribution in [3.05, 3.63) is 34.9 Å². The Morgan fingerprint density at radius 2 is 1.88 bits per heavy atom. The lowest BCUT2D eigenvalue weighted by molar-refractivity contribution is 0.0816. The predicted molar refractivity (Wildman–Crippen MR) is 67.7 cm³/mol. The Kier molecular flexibility index (Phi) is 4.11. The summed E-state index contributed by atoms with van der Waals surface area (Å²) in [7, 11) is 1.84. The highest BCUT2D eigenvalue weighted by molar-refractivity contribution is 5.98. The molecule has 0 unspecified atom stereocenters. The third-order valence-electron chi connectivity index (χ3n) is 2.79. The van der Waals surface area contributed by atoms with E-state index in [0.29, 0.717) is 5.92 Å². The average molecular weight is 219 g/mol. The van der Waals surface area contributed by atoms with Crippen LogP contribution in [0.4, 0.5) is 0 Å². The van der Waals surface area contributed by atoms with E-state index < -0.39 is 0 Å². The number of hydrogen-bond donors (Lipinski definition) is 0. The molecule has 88 valence electrons. The predicted octanol–water partition coefficient (Wildman–Crippen LogP) is 3.42. The van der Waals surface area contributed by atoms with E-state index in [1.807, 2.05) is 27.0 Å². The molecular weight excluding hydrogens is 198 g/mol. The van der Waals surface area contributed by atoms with E-state index in [1.54, 1.807) is 4.90 Å². The van der Waals surface area contributed by atoms with Crippen LogP contribution >= 0.6 is 0 Å². The van der Waals surface area contributed by atoms with Gasteiger partial charge in [0.25, 0.3) is 5.91 Å². The maximum absolute atomic E-state index is 11.7. The fourth-order valence-corrected chi connectivity index (χ4v) is 1.82. The van der Waals surface area contributed by atoms with E-state index in [0.717, 1.165) is 17.7 Å². The zero-order chi connectivity index (χ0) is 12.3. The second-order valence-corrected chi connectivity index (χ2v) is 4.23. The molecule has 0 N–H and O–H groups in total. The first kappa shape index (κ1) is 12.8. The summed E-state index contributed by atoms with van der Waals surface area (Å²) in [6.07, 6.45) is 0. The normalized spacial score (nSPS) is 13.6. The van der Waals surface area contributed by atoms with Crippen molar-refractivity contribution in [2.75, 3.05) is 7.05 Å². The molecule has 0 atom stereocenters. The van der Waals surface area contributed by atoms with Crippen LogP contribution in [0.2, 0.25) is 0 Å². The quantitative estimate of drug-likeness (QED) is 0.708.